The normalized spacial score (nSPS) is 26.7. The van der Waals surface area contributed by atoms with Gasteiger partial charge in [0.05, 0.1) is 0 Å². The van der Waals surface area contributed by atoms with Crippen molar-refractivity contribution >= 4 is 5.69 Å². The predicted molar refractivity (Wildman–Crippen MR) is 87.9 cm³/mol. The van der Waals surface area contributed by atoms with E-state index in [0.717, 1.165) is 24.6 Å². The molecule has 0 heterocycles. The van der Waals surface area contributed by atoms with Crippen LogP contribution in [0.2, 0.25) is 0 Å². The van der Waals surface area contributed by atoms with E-state index in [1.54, 1.807) is 0 Å². The van der Waals surface area contributed by atoms with Gasteiger partial charge in [0.2, 0.25) is 0 Å². The predicted octanol–water partition coefficient (Wildman–Crippen LogP) is 4.05. The Hall–Kier alpha value is -1.09. The fourth-order valence-electron chi connectivity index (χ4n) is 3.44. The molecule has 0 bridgehead atoms. The first-order valence-corrected chi connectivity index (χ1v) is 7.99. The van der Waals surface area contributed by atoms with Gasteiger partial charge in [0.1, 0.15) is 5.82 Å². The van der Waals surface area contributed by atoms with E-state index < -0.39 is 0 Å². The molecule has 1 aromatic rings. The van der Waals surface area contributed by atoms with Crippen LogP contribution in [-0.2, 0) is 0 Å². The van der Waals surface area contributed by atoms with Gasteiger partial charge in [-0.1, -0.05) is 20.8 Å². The second-order valence-electron chi connectivity index (χ2n) is 7.66. The van der Waals surface area contributed by atoms with E-state index >= 15 is 0 Å². The van der Waals surface area contributed by atoms with Crippen molar-refractivity contribution in [2.24, 2.45) is 23.0 Å². The van der Waals surface area contributed by atoms with Crippen molar-refractivity contribution in [2.75, 3.05) is 18.5 Å². The van der Waals surface area contributed by atoms with Gasteiger partial charge in [-0.3, -0.25) is 0 Å². The number of anilines is 1. The Labute approximate surface area is 128 Å². The van der Waals surface area contributed by atoms with Gasteiger partial charge in [-0.2, -0.15) is 0 Å². The number of hydrogen-bond donors (Lipinski definition) is 1. The van der Waals surface area contributed by atoms with Gasteiger partial charge in [-0.25, -0.2) is 4.39 Å². The van der Waals surface area contributed by atoms with E-state index in [1.165, 1.54) is 25.0 Å². The van der Waals surface area contributed by atoms with E-state index in [1.807, 2.05) is 12.1 Å². The van der Waals surface area contributed by atoms with Crippen LogP contribution in [0.1, 0.15) is 40.0 Å². The highest BCUT2D eigenvalue weighted by molar-refractivity contribution is 5.45. The van der Waals surface area contributed by atoms with Crippen molar-refractivity contribution in [1.82, 2.24) is 0 Å². The van der Waals surface area contributed by atoms with Crippen molar-refractivity contribution in [3.8, 4) is 0 Å². The molecule has 2 N–H and O–H groups in total. The van der Waals surface area contributed by atoms with Crippen molar-refractivity contribution in [1.29, 1.82) is 0 Å². The Morgan fingerprint density at radius 3 is 2.38 bits per heavy atom. The number of halogens is 1. The molecule has 21 heavy (non-hydrogen) atoms. The summed E-state index contributed by atoms with van der Waals surface area (Å²) in [6, 6.07) is 7.00. The lowest BCUT2D eigenvalue weighted by molar-refractivity contribution is 0.129. The second-order valence-corrected chi connectivity index (χ2v) is 7.66. The first kappa shape index (κ1) is 16.3. The molecule has 3 unspecified atom stereocenters. The van der Waals surface area contributed by atoms with Crippen LogP contribution in [-0.4, -0.2) is 19.6 Å². The van der Waals surface area contributed by atoms with Gasteiger partial charge < -0.3 is 10.6 Å². The molecule has 0 aliphatic heterocycles. The summed E-state index contributed by atoms with van der Waals surface area (Å²) in [5, 5.41) is 0. The zero-order valence-electron chi connectivity index (χ0n) is 13.8. The molecular formula is C18H29FN2. The monoisotopic (exact) mass is 292 g/mol. The fourth-order valence-corrected chi connectivity index (χ4v) is 3.44. The summed E-state index contributed by atoms with van der Waals surface area (Å²) in [4.78, 5) is 2.20. The third-order valence-electron chi connectivity index (χ3n) is 5.04. The van der Waals surface area contributed by atoms with Crippen LogP contribution in [0.4, 0.5) is 10.1 Å². The van der Waals surface area contributed by atoms with Crippen LogP contribution in [0.5, 0.6) is 0 Å². The highest BCUT2D eigenvalue weighted by Gasteiger charge is 2.34. The van der Waals surface area contributed by atoms with E-state index in [-0.39, 0.29) is 11.9 Å². The molecule has 1 aliphatic carbocycles. The number of nitrogens with two attached hydrogens (primary N) is 1. The summed E-state index contributed by atoms with van der Waals surface area (Å²) in [6.07, 6.45) is 3.54. The van der Waals surface area contributed by atoms with Gasteiger partial charge >= 0.3 is 0 Å². The Morgan fingerprint density at radius 2 is 1.81 bits per heavy atom. The number of benzene rings is 1. The molecule has 3 heteroatoms. The van der Waals surface area contributed by atoms with Crippen LogP contribution in [0.15, 0.2) is 24.3 Å². The van der Waals surface area contributed by atoms with Crippen molar-refractivity contribution < 1.29 is 4.39 Å². The maximum atomic E-state index is 13.0. The molecule has 1 fully saturated rings. The molecule has 0 aromatic heterocycles. The fraction of sp³-hybridized carbons (Fsp3) is 0.667. The largest absolute Gasteiger partial charge is 0.374 e. The second kappa shape index (κ2) is 6.35. The van der Waals surface area contributed by atoms with E-state index in [2.05, 4.69) is 32.7 Å². The smallest absolute Gasteiger partial charge is 0.123 e. The van der Waals surface area contributed by atoms with E-state index in [0.29, 0.717) is 11.3 Å². The molecule has 1 saturated carbocycles. The Kier molecular flexibility index (Phi) is 4.92. The maximum Gasteiger partial charge on any atom is 0.123 e. The zero-order valence-corrected chi connectivity index (χ0v) is 13.8. The van der Waals surface area contributed by atoms with Gasteiger partial charge in [-0.15, -0.1) is 0 Å². The van der Waals surface area contributed by atoms with Crippen molar-refractivity contribution in [3.63, 3.8) is 0 Å². The topological polar surface area (TPSA) is 29.3 Å². The number of hydrogen-bond acceptors (Lipinski definition) is 2. The average molecular weight is 292 g/mol. The Morgan fingerprint density at radius 1 is 1.19 bits per heavy atom. The van der Waals surface area contributed by atoms with Crippen LogP contribution < -0.4 is 10.6 Å². The third-order valence-corrected chi connectivity index (χ3v) is 5.04. The van der Waals surface area contributed by atoms with Crippen LogP contribution in [0.25, 0.3) is 0 Å². The Bertz CT molecular complexity index is 449. The molecule has 2 nitrogen and oxygen atoms in total. The summed E-state index contributed by atoms with van der Waals surface area (Å²) in [5.74, 6) is 1.07. The quantitative estimate of drug-likeness (QED) is 0.910. The standard InChI is InChI=1S/C18H29FN2/c1-18(2,3)14-5-10-17(20)13(11-14)12-21(4)16-8-6-15(19)7-9-16/h6-9,13-14,17H,5,10-12,20H2,1-4H3. The van der Waals surface area contributed by atoms with Crippen molar-refractivity contribution in [2.45, 2.75) is 46.1 Å². The highest BCUT2D eigenvalue weighted by atomic mass is 19.1. The summed E-state index contributed by atoms with van der Waals surface area (Å²) < 4.78 is 13.0. The number of rotatable bonds is 3. The van der Waals surface area contributed by atoms with E-state index in [4.69, 9.17) is 5.73 Å². The molecule has 0 spiro atoms. The Balaban J connectivity index is 2.01. The lowest BCUT2D eigenvalue weighted by atomic mass is 9.67. The SMILES string of the molecule is CN(CC1CC(C(C)(C)C)CCC1N)c1ccc(F)cc1. The van der Waals surface area contributed by atoms with Crippen molar-refractivity contribution in [3.05, 3.63) is 30.1 Å². The highest BCUT2D eigenvalue weighted by Crippen LogP contribution is 2.40. The summed E-state index contributed by atoms with van der Waals surface area (Å²) in [7, 11) is 2.07. The van der Waals surface area contributed by atoms with Crippen LogP contribution in [0, 0.1) is 23.1 Å². The zero-order chi connectivity index (χ0) is 15.6. The van der Waals surface area contributed by atoms with E-state index in [9.17, 15) is 4.39 Å². The summed E-state index contributed by atoms with van der Waals surface area (Å²) in [5.41, 5.74) is 7.76. The lowest BCUT2D eigenvalue weighted by Crippen LogP contribution is -2.44. The third kappa shape index (κ3) is 4.19. The molecule has 2 rings (SSSR count). The molecule has 3 atom stereocenters. The number of nitrogens with zero attached hydrogens (tertiary/aromatic N) is 1. The molecule has 0 radical (unpaired) electrons. The minimum absolute atomic E-state index is 0.186. The molecule has 0 saturated heterocycles. The van der Waals surface area contributed by atoms with Gasteiger partial charge in [0, 0.05) is 25.3 Å². The summed E-state index contributed by atoms with van der Waals surface area (Å²) >= 11 is 0. The van der Waals surface area contributed by atoms with Gasteiger partial charge in [0.15, 0.2) is 0 Å². The lowest BCUT2D eigenvalue weighted by Gasteiger charge is -2.42. The average Bonchev–Trinajstić information content (AvgIpc) is 2.40. The first-order chi connectivity index (χ1) is 9.77. The first-order valence-electron chi connectivity index (χ1n) is 7.99. The minimum Gasteiger partial charge on any atom is -0.374 e. The van der Waals surface area contributed by atoms with Crippen LogP contribution >= 0.6 is 0 Å². The minimum atomic E-state index is -0.186. The molecule has 1 aliphatic rings. The van der Waals surface area contributed by atoms with Gasteiger partial charge in [0.25, 0.3) is 0 Å². The van der Waals surface area contributed by atoms with Crippen LogP contribution in [0.3, 0.4) is 0 Å². The summed E-state index contributed by atoms with van der Waals surface area (Å²) in [6.45, 7) is 7.93. The van der Waals surface area contributed by atoms with Gasteiger partial charge in [-0.05, 0) is 60.8 Å². The molecule has 1 aromatic carbocycles. The maximum absolute atomic E-state index is 13.0. The molecule has 0 amide bonds. The molecule has 118 valence electrons. The molecular weight excluding hydrogens is 263 g/mol.